The molecular formula is C17H25NO2S. The van der Waals surface area contributed by atoms with Crippen molar-refractivity contribution in [3.8, 4) is 0 Å². The van der Waals surface area contributed by atoms with Crippen LogP contribution in [0.2, 0.25) is 0 Å². The van der Waals surface area contributed by atoms with Crippen molar-refractivity contribution in [2.45, 2.75) is 51.3 Å². The Hall–Kier alpha value is -1.00. The van der Waals surface area contributed by atoms with Crippen LogP contribution in [0.5, 0.6) is 0 Å². The number of thioether (sulfide) groups is 1. The van der Waals surface area contributed by atoms with E-state index in [1.165, 1.54) is 18.2 Å². The largest absolute Gasteiger partial charge is 0.388 e. The molecule has 1 saturated heterocycles. The van der Waals surface area contributed by atoms with Crippen molar-refractivity contribution in [1.29, 1.82) is 0 Å². The molecule has 1 aliphatic rings. The molecule has 0 aliphatic carbocycles. The topological polar surface area (TPSA) is 40.5 Å². The summed E-state index contributed by atoms with van der Waals surface area (Å²) >= 11 is 1.52. The number of benzene rings is 1. The number of nitrogens with zero attached hydrogens (tertiary/aromatic N) is 1. The second-order valence-electron chi connectivity index (χ2n) is 5.87. The standard InChI is InChI=1S/C17H25NO2S/c1-13-7-6-8-14(2)18(13)17(20)12-21-11-16(19)15-9-4-3-5-10-15/h3-5,9-10,13-14,16,19H,6-8,11-12H2,1-2H3/t13-,14+,16-/m0/s1. The molecule has 0 bridgehead atoms. The molecule has 1 aromatic rings. The zero-order valence-electron chi connectivity index (χ0n) is 12.9. The summed E-state index contributed by atoms with van der Waals surface area (Å²) in [6.07, 6.45) is 2.92. The number of hydrogen-bond donors (Lipinski definition) is 1. The van der Waals surface area contributed by atoms with Gasteiger partial charge in [-0.2, -0.15) is 0 Å². The molecule has 3 atom stereocenters. The predicted molar refractivity (Wildman–Crippen MR) is 88.3 cm³/mol. The fourth-order valence-corrected chi connectivity index (χ4v) is 3.87. The van der Waals surface area contributed by atoms with Gasteiger partial charge in [0.15, 0.2) is 0 Å². The van der Waals surface area contributed by atoms with Gasteiger partial charge in [0.2, 0.25) is 5.91 Å². The maximum Gasteiger partial charge on any atom is 0.233 e. The van der Waals surface area contributed by atoms with E-state index in [-0.39, 0.29) is 5.91 Å². The molecule has 21 heavy (non-hydrogen) atoms. The molecule has 0 unspecified atom stereocenters. The van der Waals surface area contributed by atoms with Crippen LogP contribution in [0.4, 0.5) is 0 Å². The monoisotopic (exact) mass is 307 g/mol. The van der Waals surface area contributed by atoms with E-state index in [1.807, 2.05) is 35.2 Å². The van der Waals surface area contributed by atoms with Crippen molar-refractivity contribution in [3.63, 3.8) is 0 Å². The Bertz CT molecular complexity index is 441. The predicted octanol–water partition coefficient (Wildman–Crippen LogP) is 3.24. The summed E-state index contributed by atoms with van der Waals surface area (Å²) in [7, 11) is 0. The Morgan fingerprint density at radius 1 is 1.29 bits per heavy atom. The van der Waals surface area contributed by atoms with Gasteiger partial charge in [-0.15, -0.1) is 11.8 Å². The van der Waals surface area contributed by atoms with E-state index < -0.39 is 6.10 Å². The van der Waals surface area contributed by atoms with Crippen molar-refractivity contribution in [2.75, 3.05) is 11.5 Å². The van der Waals surface area contributed by atoms with E-state index >= 15 is 0 Å². The van der Waals surface area contributed by atoms with E-state index in [4.69, 9.17) is 0 Å². The molecule has 0 spiro atoms. The highest BCUT2D eigenvalue weighted by Gasteiger charge is 2.28. The Morgan fingerprint density at radius 2 is 1.90 bits per heavy atom. The molecule has 1 N–H and O–H groups in total. The van der Waals surface area contributed by atoms with E-state index in [1.54, 1.807) is 0 Å². The SMILES string of the molecule is C[C@@H]1CCC[C@H](C)N1C(=O)CSC[C@H](O)c1ccccc1. The molecule has 3 nitrogen and oxygen atoms in total. The van der Waals surface area contributed by atoms with Gasteiger partial charge in [-0.3, -0.25) is 4.79 Å². The van der Waals surface area contributed by atoms with Gasteiger partial charge in [-0.05, 0) is 38.7 Å². The van der Waals surface area contributed by atoms with Gasteiger partial charge in [0, 0.05) is 17.8 Å². The van der Waals surface area contributed by atoms with Gasteiger partial charge >= 0.3 is 0 Å². The Labute approximate surface area is 131 Å². The summed E-state index contributed by atoms with van der Waals surface area (Å²) in [5.74, 6) is 1.23. The zero-order chi connectivity index (χ0) is 15.2. The minimum Gasteiger partial charge on any atom is -0.388 e. The lowest BCUT2D eigenvalue weighted by Gasteiger charge is -2.39. The minimum absolute atomic E-state index is 0.208. The summed E-state index contributed by atoms with van der Waals surface area (Å²) in [6, 6.07) is 10.3. The average Bonchev–Trinajstić information content (AvgIpc) is 2.48. The van der Waals surface area contributed by atoms with Crippen molar-refractivity contribution >= 4 is 17.7 Å². The van der Waals surface area contributed by atoms with Crippen LogP contribution < -0.4 is 0 Å². The van der Waals surface area contributed by atoms with Crippen LogP contribution in [0.3, 0.4) is 0 Å². The number of piperidine rings is 1. The Kier molecular flexibility index (Phi) is 6.12. The smallest absolute Gasteiger partial charge is 0.233 e. The molecule has 1 aliphatic heterocycles. The van der Waals surface area contributed by atoms with Crippen LogP contribution in [0.15, 0.2) is 30.3 Å². The first-order valence-corrected chi connectivity index (χ1v) is 8.87. The third-order valence-electron chi connectivity index (χ3n) is 4.17. The number of hydrogen-bond acceptors (Lipinski definition) is 3. The summed E-state index contributed by atoms with van der Waals surface area (Å²) in [5, 5.41) is 10.1. The fraction of sp³-hybridized carbons (Fsp3) is 0.588. The molecule has 116 valence electrons. The van der Waals surface area contributed by atoms with Gasteiger partial charge < -0.3 is 10.0 Å². The molecule has 0 radical (unpaired) electrons. The van der Waals surface area contributed by atoms with E-state index in [0.717, 1.165) is 18.4 Å². The van der Waals surface area contributed by atoms with Gasteiger partial charge in [0.05, 0.1) is 11.9 Å². The molecule has 1 heterocycles. The lowest BCUT2D eigenvalue weighted by atomic mass is 9.98. The fourth-order valence-electron chi connectivity index (χ4n) is 3.02. The Morgan fingerprint density at radius 3 is 2.52 bits per heavy atom. The lowest BCUT2D eigenvalue weighted by Crippen LogP contribution is -2.48. The molecule has 1 fully saturated rings. The highest BCUT2D eigenvalue weighted by atomic mass is 32.2. The first-order chi connectivity index (χ1) is 10.1. The number of aliphatic hydroxyl groups excluding tert-OH is 1. The number of likely N-dealkylation sites (tertiary alicyclic amines) is 1. The van der Waals surface area contributed by atoms with Crippen LogP contribution >= 0.6 is 11.8 Å². The number of amides is 1. The number of rotatable bonds is 5. The third kappa shape index (κ3) is 4.48. The van der Waals surface area contributed by atoms with Crippen LogP contribution in [0, 0.1) is 0 Å². The Balaban J connectivity index is 1.79. The molecule has 0 saturated carbocycles. The lowest BCUT2D eigenvalue weighted by molar-refractivity contribution is -0.134. The van der Waals surface area contributed by atoms with Gasteiger partial charge in [-0.1, -0.05) is 30.3 Å². The van der Waals surface area contributed by atoms with E-state index in [2.05, 4.69) is 13.8 Å². The molecular weight excluding hydrogens is 282 g/mol. The van der Waals surface area contributed by atoms with Gasteiger partial charge in [0.25, 0.3) is 0 Å². The molecule has 4 heteroatoms. The summed E-state index contributed by atoms with van der Waals surface area (Å²) in [4.78, 5) is 14.4. The molecule has 1 amide bonds. The van der Waals surface area contributed by atoms with Crippen molar-refractivity contribution in [3.05, 3.63) is 35.9 Å². The van der Waals surface area contributed by atoms with Crippen LogP contribution in [0.1, 0.15) is 44.8 Å². The summed E-state index contributed by atoms with van der Waals surface area (Å²) < 4.78 is 0. The molecule has 2 rings (SSSR count). The quantitative estimate of drug-likeness (QED) is 0.908. The first kappa shape index (κ1) is 16.4. The summed E-state index contributed by atoms with van der Waals surface area (Å²) in [5.41, 5.74) is 0.914. The molecule has 0 aromatic heterocycles. The maximum atomic E-state index is 12.4. The summed E-state index contributed by atoms with van der Waals surface area (Å²) in [6.45, 7) is 4.27. The van der Waals surface area contributed by atoms with Gasteiger partial charge in [0.1, 0.15) is 0 Å². The van der Waals surface area contributed by atoms with E-state index in [0.29, 0.717) is 23.6 Å². The van der Waals surface area contributed by atoms with Crippen molar-refractivity contribution in [1.82, 2.24) is 4.90 Å². The van der Waals surface area contributed by atoms with Crippen LogP contribution in [0.25, 0.3) is 0 Å². The second kappa shape index (κ2) is 7.85. The zero-order valence-corrected chi connectivity index (χ0v) is 13.7. The maximum absolute atomic E-state index is 12.4. The normalized spacial score (nSPS) is 23.9. The minimum atomic E-state index is -0.500. The highest BCUT2D eigenvalue weighted by molar-refractivity contribution is 7.99. The number of aliphatic hydroxyl groups is 1. The van der Waals surface area contributed by atoms with Crippen LogP contribution in [-0.2, 0) is 4.79 Å². The molecule has 1 aromatic carbocycles. The van der Waals surface area contributed by atoms with Gasteiger partial charge in [-0.25, -0.2) is 0 Å². The number of carbonyl (C=O) groups excluding carboxylic acids is 1. The van der Waals surface area contributed by atoms with Crippen molar-refractivity contribution < 1.29 is 9.90 Å². The average molecular weight is 307 g/mol. The second-order valence-corrected chi connectivity index (χ2v) is 6.90. The number of carbonyl (C=O) groups is 1. The van der Waals surface area contributed by atoms with Crippen LogP contribution in [-0.4, -0.2) is 39.5 Å². The van der Waals surface area contributed by atoms with E-state index in [9.17, 15) is 9.90 Å². The van der Waals surface area contributed by atoms with Crippen molar-refractivity contribution in [2.24, 2.45) is 0 Å². The third-order valence-corrected chi connectivity index (χ3v) is 5.17. The first-order valence-electron chi connectivity index (χ1n) is 7.71. The highest BCUT2D eigenvalue weighted by Crippen LogP contribution is 2.24.